The SMILES string of the molecule is CC(C)(C)SCCNC(=O)C(C)(C)Sc1cccc(C(C)(F)F)c1. The van der Waals surface area contributed by atoms with Gasteiger partial charge in [-0.25, -0.2) is 8.78 Å². The second kappa shape index (κ2) is 8.09. The van der Waals surface area contributed by atoms with Gasteiger partial charge in [0.05, 0.1) is 4.75 Å². The van der Waals surface area contributed by atoms with Crippen molar-refractivity contribution in [3.63, 3.8) is 0 Å². The minimum absolute atomic E-state index is 0.0368. The fraction of sp³-hybridized carbons (Fsp3) is 0.611. The van der Waals surface area contributed by atoms with Crippen molar-refractivity contribution < 1.29 is 13.6 Å². The lowest BCUT2D eigenvalue weighted by Crippen LogP contribution is -2.40. The maximum atomic E-state index is 13.4. The van der Waals surface area contributed by atoms with Crippen molar-refractivity contribution in [2.75, 3.05) is 12.3 Å². The summed E-state index contributed by atoms with van der Waals surface area (Å²) in [5.41, 5.74) is -0.0368. The highest BCUT2D eigenvalue weighted by Gasteiger charge is 2.30. The molecule has 0 saturated heterocycles. The zero-order valence-corrected chi connectivity index (χ0v) is 16.8. The van der Waals surface area contributed by atoms with E-state index in [1.54, 1.807) is 37.7 Å². The summed E-state index contributed by atoms with van der Waals surface area (Å²) in [5, 5.41) is 2.93. The van der Waals surface area contributed by atoms with Gasteiger partial charge in [0.1, 0.15) is 0 Å². The number of halogens is 2. The van der Waals surface area contributed by atoms with Crippen LogP contribution in [0.4, 0.5) is 8.78 Å². The molecule has 0 atom stereocenters. The maximum Gasteiger partial charge on any atom is 0.270 e. The zero-order valence-electron chi connectivity index (χ0n) is 15.2. The van der Waals surface area contributed by atoms with E-state index >= 15 is 0 Å². The van der Waals surface area contributed by atoms with E-state index in [1.165, 1.54) is 23.9 Å². The molecule has 0 unspecified atom stereocenters. The van der Waals surface area contributed by atoms with Crippen molar-refractivity contribution in [2.45, 2.75) is 61.9 Å². The van der Waals surface area contributed by atoms with Crippen LogP contribution in [-0.4, -0.2) is 27.7 Å². The first-order chi connectivity index (χ1) is 10.8. The van der Waals surface area contributed by atoms with Gasteiger partial charge in [-0.1, -0.05) is 32.9 Å². The third-order valence-corrected chi connectivity index (χ3v) is 5.64. The van der Waals surface area contributed by atoms with Crippen molar-refractivity contribution in [1.82, 2.24) is 5.32 Å². The molecule has 0 fully saturated rings. The first-order valence-corrected chi connectivity index (χ1v) is 9.71. The summed E-state index contributed by atoms with van der Waals surface area (Å²) in [6, 6.07) is 6.21. The summed E-state index contributed by atoms with van der Waals surface area (Å²) in [5.74, 6) is -2.13. The predicted octanol–water partition coefficient (Wildman–Crippen LogP) is 5.32. The van der Waals surface area contributed by atoms with Gasteiger partial charge in [0.15, 0.2) is 0 Å². The van der Waals surface area contributed by atoms with Gasteiger partial charge >= 0.3 is 0 Å². The molecular weight excluding hydrogens is 348 g/mol. The molecule has 0 bridgehead atoms. The molecule has 0 saturated carbocycles. The van der Waals surface area contributed by atoms with Gasteiger partial charge in [-0.2, -0.15) is 11.8 Å². The number of carbonyl (C=O) groups excluding carboxylic acids is 1. The Balaban J connectivity index is 2.64. The molecule has 0 heterocycles. The van der Waals surface area contributed by atoms with Crippen LogP contribution in [0.2, 0.25) is 0 Å². The number of hydrogen-bond acceptors (Lipinski definition) is 3. The molecule has 1 N–H and O–H groups in total. The molecule has 1 amide bonds. The monoisotopic (exact) mass is 375 g/mol. The predicted molar refractivity (Wildman–Crippen MR) is 101 cm³/mol. The lowest BCUT2D eigenvalue weighted by molar-refractivity contribution is -0.122. The first kappa shape index (κ1) is 21.3. The van der Waals surface area contributed by atoms with E-state index in [-0.39, 0.29) is 16.2 Å². The smallest absolute Gasteiger partial charge is 0.270 e. The van der Waals surface area contributed by atoms with Crippen molar-refractivity contribution >= 4 is 29.4 Å². The number of benzene rings is 1. The van der Waals surface area contributed by atoms with Crippen LogP contribution in [0.15, 0.2) is 29.2 Å². The van der Waals surface area contributed by atoms with Crippen LogP contribution in [0.3, 0.4) is 0 Å². The number of carbonyl (C=O) groups is 1. The van der Waals surface area contributed by atoms with Gasteiger partial charge in [-0.05, 0) is 26.0 Å². The van der Waals surface area contributed by atoms with Crippen LogP contribution in [0, 0.1) is 0 Å². The summed E-state index contributed by atoms with van der Waals surface area (Å²) in [6.07, 6.45) is 0. The third kappa shape index (κ3) is 7.43. The highest BCUT2D eigenvalue weighted by atomic mass is 32.2. The second-order valence-electron chi connectivity index (χ2n) is 7.25. The van der Waals surface area contributed by atoms with Crippen LogP contribution < -0.4 is 5.32 Å². The molecule has 1 aromatic rings. The largest absolute Gasteiger partial charge is 0.354 e. The maximum absolute atomic E-state index is 13.4. The molecule has 0 aliphatic carbocycles. The topological polar surface area (TPSA) is 29.1 Å². The molecule has 1 aromatic carbocycles. The normalized spacial score (nSPS) is 13.0. The highest BCUT2D eigenvalue weighted by Crippen LogP contribution is 2.36. The Hall–Kier alpha value is -0.750. The molecule has 0 radical (unpaired) electrons. The Morgan fingerprint density at radius 3 is 2.29 bits per heavy atom. The van der Waals surface area contributed by atoms with Crippen LogP contribution in [0.25, 0.3) is 0 Å². The zero-order chi connectivity index (χ0) is 18.6. The van der Waals surface area contributed by atoms with E-state index in [9.17, 15) is 13.6 Å². The van der Waals surface area contributed by atoms with Crippen molar-refractivity contribution in [3.8, 4) is 0 Å². The van der Waals surface area contributed by atoms with E-state index in [0.717, 1.165) is 12.7 Å². The van der Waals surface area contributed by atoms with Gasteiger partial charge in [0.2, 0.25) is 5.91 Å². The lowest BCUT2D eigenvalue weighted by Gasteiger charge is -2.24. The van der Waals surface area contributed by atoms with E-state index in [2.05, 4.69) is 26.1 Å². The fourth-order valence-electron chi connectivity index (χ4n) is 1.91. The molecule has 24 heavy (non-hydrogen) atoms. The lowest BCUT2D eigenvalue weighted by atomic mass is 10.1. The Bertz CT molecular complexity index is 563. The van der Waals surface area contributed by atoms with E-state index in [0.29, 0.717) is 11.4 Å². The number of nitrogens with one attached hydrogen (secondary N) is 1. The number of hydrogen-bond donors (Lipinski definition) is 1. The first-order valence-electron chi connectivity index (χ1n) is 7.91. The van der Waals surface area contributed by atoms with Crippen molar-refractivity contribution in [3.05, 3.63) is 29.8 Å². The molecule has 0 spiro atoms. The Labute approximate surface area is 152 Å². The Kier molecular flexibility index (Phi) is 7.17. The van der Waals surface area contributed by atoms with Crippen LogP contribution >= 0.6 is 23.5 Å². The van der Waals surface area contributed by atoms with Gasteiger partial charge in [-0.3, -0.25) is 4.79 Å². The van der Waals surface area contributed by atoms with Gasteiger partial charge in [0.25, 0.3) is 5.92 Å². The standard InChI is InChI=1S/C18H27F2NOS2/c1-16(2,3)23-11-10-21-15(22)17(4,5)24-14-9-7-8-13(12-14)18(6,19)20/h7-9,12H,10-11H2,1-6H3,(H,21,22). The number of thioether (sulfide) groups is 2. The second-order valence-corrected chi connectivity index (χ2v) is 10.9. The summed E-state index contributed by atoms with van der Waals surface area (Å²) >= 11 is 3.09. The summed E-state index contributed by atoms with van der Waals surface area (Å²) in [6.45, 7) is 11.5. The quantitative estimate of drug-likeness (QED) is 0.517. The summed E-state index contributed by atoms with van der Waals surface area (Å²) < 4.78 is 26.3. The molecule has 0 aliphatic rings. The molecular formula is C18H27F2NOS2. The molecule has 0 aromatic heterocycles. The summed E-state index contributed by atoms with van der Waals surface area (Å²) in [4.78, 5) is 13.1. The molecule has 6 heteroatoms. The summed E-state index contributed by atoms with van der Waals surface area (Å²) in [7, 11) is 0. The van der Waals surface area contributed by atoms with E-state index in [1.807, 2.05) is 0 Å². The Morgan fingerprint density at radius 1 is 1.12 bits per heavy atom. The van der Waals surface area contributed by atoms with Crippen molar-refractivity contribution in [1.29, 1.82) is 0 Å². The van der Waals surface area contributed by atoms with Crippen LogP contribution in [0.1, 0.15) is 47.1 Å². The van der Waals surface area contributed by atoms with Crippen LogP contribution in [-0.2, 0) is 10.7 Å². The fourth-order valence-corrected chi connectivity index (χ4v) is 3.81. The molecule has 2 nitrogen and oxygen atoms in total. The Morgan fingerprint density at radius 2 is 1.75 bits per heavy atom. The van der Waals surface area contributed by atoms with Gasteiger partial charge < -0.3 is 5.32 Å². The van der Waals surface area contributed by atoms with E-state index in [4.69, 9.17) is 0 Å². The minimum atomic E-state index is -2.88. The highest BCUT2D eigenvalue weighted by molar-refractivity contribution is 8.01. The van der Waals surface area contributed by atoms with Gasteiger partial charge in [0, 0.05) is 34.4 Å². The average molecular weight is 376 g/mol. The van der Waals surface area contributed by atoms with Crippen LogP contribution in [0.5, 0.6) is 0 Å². The van der Waals surface area contributed by atoms with E-state index < -0.39 is 10.7 Å². The van der Waals surface area contributed by atoms with Crippen molar-refractivity contribution in [2.24, 2.45) is 0 Å². The number of amides is 1. The molecule has 1 rings (SSSR count). The average Bonchev–Trinajstić information content (AvgIpc) is 2.41. The minimum Gasteiger partial charge on any atom is -0.354 e. The van der Waals surface area contributed by atoms with Gasteiger partial charge in [-0.15, -0.1) is 11.8 Å². The number of rotatable bonds is 7. The molecule has 0 aliphatic heterocycles. The molecule has 136 valence electrons. The number of alkyl halides is 2. The third-order valence-electron chi connectivity index (χ3n) is 3.18.